The largest absolute Gasteiger partial charge is 0.476 e. The molecule has 10 nitrogen and oxygen atoms in total. The van der Waals surface area contributed by atoms with E-state index in [-0.39, 0.29) is 28.8 Å². The number of nitrogens with one attached hydrogen (secondary N) is 1. The number of hydrogen-bond donors (Lipinski definition) is 2. The Morgan fingerprint density at radius 1 is 1.52 bits per heavy atom. The number of aromatic carboxylic acids is 1. The Balaban J connectivity index is 2.01. The Bertz CT molecular complexity index is 748. The lowest BCUT2D eigenvalue weighted by Gasteiger charge is -2.07. The zero-order chi connectivity index (χ0) is 15.6. The van der Waals surface area contributed by atoms with Crippen molar-refractivity contribution in [3.63, 3.8) is 0 Å². The first kappa shape index (κ1) is 15.4. The van der Waals surface area contributed by atoms with Crippen LogP contribution in [0.15, 0.2) is 17.4 Å². The molecule has 0 aliphatic carbocycles. The first-order valence-corrected chi connectivity index (χ1v) is 7.48. The predicted octanol–water partition coefficient (Wildman–Crippen LogP) is -0.658. The fraction of sp³-hybridized carbons (Fsp3) is 0.333. The van der Waals surface area contributed by atoms with Crippen LogP contribution in [0.4, 0.5) is 0 Å². The second-order valence-electron chi connectivity index (χ2n) is 3.99. The number of nitrogens with zero attached hydrogens (tertiary/aromatic N) is 5. The standard InChI is InChI=1S/C9H11ClN6O4S/c1-15-8(6(10)4-11-15)21(19,20)12-2-3-16-5-7(9(17)18)13-14-16/h4-5,12H,2-3H2,1H3,(H,17,18). The van der Waals surface area contributed by atoms with E-state index in [2.05, 4.69) is 20.1 Å². The smallest absolute Gasteiger partial charge is 0.358 e. The third kappa shape index (κ3) is 3.37. The van der Waals surface area contributed by atoms with Crippen LogP contribution in [0.1, 0.15) is 10.5 Å². The van der Waals surface area contributed by atoms with Crippen LogP contribution in [0.5, 0.6) is 0 Å². The fourth-order valence-corrected chi connectivity index (χ4v) is 3.24. The van der Waals surface area contributed by atoms with Gasteiger partial charge in [0.2, 0.25) is 0 Å². The number of aromatic nitrogens is 5. The van der Waals surface area contributed by atoms with Crippen LogP contribution >= 0.6 is 11.6 Å². The molecule has 0 aliphatic rings. The van der Waals surface area contributed by atoms with Gasteiger partial charge >= 0.3 is 5.97 Å². The summed E-state index contributed by atoms with van der Waals surface area (Å²) in [5.41, 5.74) is -0.215. The van der Waals surface area contributed by atoms with E-state index in [1.54, 1.807) is 0 Å². The lowest BCUT2D eigenvalue weighted by atomic mass is 10.5. The van der Waals surface area contributed by atoms with E-state index in [0.29, 0.717) is 0 Å². The minimum Gasteiger partial charge on any atom is -0.476 e. The number of halogens is 1. The quantitative estimate of drug-likeness (QED) is 0.716. The molecular formula is C9H11ClN6O4S. The monoisotopic (exact) mass is 334 g/mol. The summed E-state index contributed by atoms with van der Waals surface area (Å²) in [5, 5.41) is 19.3. The molecule has 0 amide bonds. The molecule has 0 saturated heterocycles. The van der Waals surface area contributed by atoms with Crippen molar-refractivity contribution in [3.05, 3.63) is 23.1 Å². The Morgan fingerprint density at radius 2 is 2.24 bits per heavy atom. The number of carboxylic acid groups (broad SMARTS) is 1. The van der Waals surface area contributed by atoms with E-state index in [4.69, 9.17) is 16.7 Å². The van der Waals surface area contributed by atoms with Gasteiger partial charge < -0.3 is 5.11 Å². The maximum absolute atomic E-state index is 12.0. The summed E-state index contributed by atoms with van der Waals surface area (Å²) in [6.07, 6.45) is 2.43. The molecule has 114 valence electrons. The highest BCUT2D eigenvalue weighted by Gasteiger charge is 2.22. The molecule has 0 bridgehead atoms. The third-order valence-corrected chi connectivity index (χ3v) is 4.45. The molecule has 0 aromatic carbocycles. The zero-order valence-electron chi connectivity index (χ0n) is 10.8. The summed E-state index contributed by atoms with van der Waals surface area (Å²) >= 11 is 5.77. The van der Waals surface area contributed by atoms with Gasteiger partial charge in [0.15, 0.2) is 10.7 Å². The van der Waals surface area contributed by atoms with E-state index in [1.807, 2.05) is 0 Å². The van der Waals surface area contributed by atoms with E-state index in [1.165, 1.54) is 24.1 Å². The molecule has 2 N–H and O–H groups in total. The van der Waals surface area contributed by atoms with Crippen molar-refractivity contribution in [1.29, 1.82) is 0 Å². The summed E-state index contributed by atoms with van der Waals surface area (Å²) in [6.45, 7) is 0.112. The Hall–Kier alpha value is -1.98. The number of rotatable bonds is 6. The molecule has 0 atom stereocenters. The molecule has 2 heterocycles. The average molecular weight is 335 g/mol. The molecule has 0 unspecified atom stereocenters. The fourth-order valence-electron chi connectivity index (χ4n) is 1.57. The molecule has 2 aromatic rings. The third-order valence-electron chi connectivity index (χ3n) is 2.49. The number of carboxylic acids is 1. The van der Waals surface area contributed by atoms with Crippen LogP contribution < -0.4 is 4.72 Å². The van der Waals surface area contributed by atoms with Gasteiger partial charge in [0.05, 0.1) is 24.0 Å². The molecule has 0 spiro atoms. The summed E-state index contributed by atoms with van der Waals surface area (Å²) in [6, 6.07) is 0. The van der Waals surface area contributed by atoms with Gasteiger partial charge in [-0.2, -0.15) is 5.10 Å². The topological polar surface area (TPSA) is 132 Å². The average Bonchev–Trinajstić information content (AvgIpc) is 2.96. The van der Waals surface area contributed by atoms with Gasteiger partial charge in [-0.3, -0.25) is 9.36 Å². The molecule has 0 aliphatic heterocycles. The Kier molecular flexibility index (Phi) is 4.25. The summed E-state index contributed by atoms with van der Waals surface area (Å²) < 4.78 is 28.8. The summed E-state index contributed by atoms with van der Waals surface area (Å²) in [5.74, 6) is -1.21. The van der Waals surface area contributed by atoms with E-state index >= 15 is 0 Å². The lowest BCUT2D eigenvalue weighted by Crippen LogP contribution is -2.29. The minimum absolute atomic E-state index is 0.00768. The van der Waals surface area contributed by atoms with Crippen LogP contribution in [0.25, 0.3) is 0 Å². The molecule has 12 heteroatoms. The van der Waals surface area contributed by atoms with Crippen LogP contribution in [-0.2, 0) is 23.6 Å². The number of aryl methyl sites for hydroxylation is 1. The van der Waals surface area contributed by atoms with Crippen molar-refractivity contribution in [1.82, 2.24) is 29.5 Å². The molecule has 0 fully saturated rings. The lowest BCUT2D eigenvalue weighted by molar-refractivity contribution is 0.0690. The van der Waals surface area contributed by atoms with Crippen molar-refractivity contribution >= 4 is 27.6 Å². The maximum Gasteiger partial charge on any atom is 0.358 e. The van der Waals surface area contributed by atoms with Crippen molar-refractivity contribution in [3.8, 4) is 0 Å². The number of carbonyl (C=O) groups is 1. The van der Waals surface area contributed by atoms with Crippen LogP contribution in [0.2, 0.25) is 5.02 Å². The zero-order valence-corrected chi connectivity index (χ0v) is 12.3. The second kappa shape index (κ2) is 5.79. The van der Waals surface area contributed by atoms with Gasteiger partial charge in [0.25, 0.3) is 10.0 Å². The van der Waals surface area contributed by atoms with Gasteiger partial charge in [-0.1, -0.05) is 16.8 Å². The van der Waals surface area contributed by atoms with Gasteiger partial charge in [0, 0.05) is 13.6 Å². The highest BCUT2D eigenvalue weighted by Crippen LogP contribution is 2.19. The molecule has 21 heavy (non-hydrogen) atoms. The van der Waals surface area contributed by atoms with Crippen LogP contribution in [0, 0.1) is 0 Å². The number of sulfonamides is 1. The Morgan fingerprint density at radius 3 is 2.76 bits per heavy atom. The normalized spacial score (nSPS) is 11.7. The first-order chi connectivity index (χ1) is 9.81. The van der Waals surface area contributed by atoms with Crippen molar-refractivity contribution < 1.29 is 18.3 Å². The summed E-state index contributed by atoms with van der Waals surface area (Å²) in [7, 11) is -2.36. The number of hydrogen-bond acceptors (Lipinski definition) is 6. The molecule has 0 saturated carbocycles. The highest BCUT2D eigenvalue weighted by molar-refractivity contribution is 7.89. The Labute approximate surface area is 124 Å². The van der Waals surface area contributed by atoms with Gasteiger partial charge in [0.1, 0.15) is 0 Å². The van der Waals surface area contributed by atoms with Gasteiger partial charge in [-0.25, -0.2) is 17.9 Å². The SMILES string of the molecule is Cn1ncc(Cl)c1S(=O)(=O)NCCn1cc(C(=O)O)nn1. The van der Waals surface area contributed by atoms with Gasteiger partial charge in [-0.15, -0.1) is 5.10 Å². The van der Waals surface area contributed by atoms with Gasteiger partial charge in [-0.05, 0) is 0 Å². The van der Waals surface area contributed by atoms with E-state index in [0.717, 1.165) is 4.68 Å². The van der Waals surface area contributed by atoms with Crippen LogP contribution in [0.3, 0.4) is 0 Å². The molecular weight excluding hydrogens is 324 g/mol. The van der Waals surface area contributed by atoms with Crippen LogP contribution in [-0.4, -0.2) is 50.8 Å². The minimum atomic E-state index is -3.82. The molecule has 0 radical (unpaired) electrons. The predicted molar refractivity (Wildman–Crippen MR) is 70.4 cm³/mol. The second-order valence-corrected chi connectivity index (χ2v) is 6.08. The molecule has 2 rings (SSSR count). The highest BCUT2D eigenvalue weighted by atomic mass is 35.5. The maximum atomic E-state index is 12.0. The van der Waals surface area contributed by atoms with E-state index < -0.39 is 16.0 Å². The summed E-state index contributed by atoms with van der Waals surface area (Å²) in [4.78, 5) is 10.6. The first-order valence-electron chi connectivity index (χ1n) is 5.62. The van der Waals surface area contributed by atoms with Crippen molar-refractivity contribution in [2.45, 2.75) is 11.6 Å². The van der Waals surface area contributed by atoms with Crippen molar-refractivity contribution in [2.75, 3.05) is 6.54 Å². The van der Waals surface area contributed by atoms with Crippen molar-refractivity contribution in [2.24, 2.45) is 7.05 Å². The molecule has 2 aromatic heterocycles. The van der Waals surface area contributed by atoms with E-state index in [9.17, 15) is 13.2 Å².